The number of hydrogen-bond donors (Lipinski definition) is 0. The number of hydrogen-bond acceptors (Lipinski definition) is 5. The molecule has 7 nitrogen and oxygen atoms in total. The smallest absolute Gasteiger partial charge is 0.255 e. The van der Waals surface area contributed by atoms with Gasteiger partial charge < -0.3 is 14.5 Å². The minimum atomic E-state index is -3.52. The van der Waals surface area contributed by atoms with Crippen LogP contribution in [-0.2, 0) is 10.0 Å². The van der Waals surface area contributed by atoms with Gasteiger partial charge in [-0.25, -0.2) is 8.42 Å². The fourth-order valence-electron chi connectivity index (χ4n) is 4.27. The Balaban J connectivity index is 1.52. The van der Waals surface area contributed by atoms with Gasteiger partial charge in [0.1, 0.15) is 5.75 Å². The fraction of sp³-hybridized carbons (Fsp3) is 0.435. The fourth-order valence-corrected chi connectivity index (χ4v) is 6.12. The molecule has 2 saturated heterocycles. The molecule has 32 heavy (non-hydrogen) atoms. The van der Waals surface area contributed by atoms with E-state index in [0.29, 0.717) is 55.6 Å². The number of sulfonamides is 1. The molecule has 2 aliphatic rings. The monoisotopic (exact) mass is 477 g/mol. The average molecular weight is 478 g/mol. The lowest BCUT2D eigenvalue weighted by atomic mass is 10.1. The first-order valence-corrected chi connectivity index (χ1v) is 12.6. The van der Waals surface area contributed by atoms with E-state index in [9.17, 15) is 13.2 Å². The third kappa shape index (κ3) is 4.44. The molecule has 2 aromatic rings. The van der Waals surface area contributed by atoms with Gasteiger partial charge in [-0.3, -0.25) is 4.79 Å². The molecule has 2 heterocycles. The molecule has 2 aromatic carbocycles. The van der Waals surface area contributed by atoms with E-state index in [-0.39, 0.29) is 10.8 Å². The number of nitrogens with zero attached hydrogens (tertiary/aromatic N) is 3. The molecule has 0 atom stereocenters. The van der Waals surface area contributed by atoms with Gasteiger partial charge in [-0.1, -0.05) is 17.7 Å². The number of carbonyl (C=O) groups is 1. The molecule has 2 fully saturated rings. The SMILES string of the molecule is COc1ccc(S(=O)(=O)N2CCCC2)cc1N1CCN(C(=O)c2ccc(C)cc2Cl)CC1. The number of piperazine rings is 1. The second-order valence-corrected chi connectivity index (χ2v) is 10.6. The number of carbonyl (C=O) groups excluding carboxylic acids is 1. The Morgan fingerprint density at radius 3 is 2.28 bits per heavy atom. The molecule has 0 bridgehead atoms. The zero-order valence-electron chi connectivity index (χ0n) is 18.4. The second-order valence-electron chi connectivity index (χ2n) is 8.21. The van der Waals surface area contributed by atoms with Crippen LogP contribution >= 0.6 is 11.6 Å². The summed E-state index contributed by atoms with van der Waals surface area (Å²) in [5.74, 6) is 0.527. The quantitative estimate of drug-likeness (QED) is 0.660. The van der Waals surface area contributed by atoms with Gasteiger partial charge >= 0.3 is 0 Å². The summed E-state index contributed by atoms with van der Waals surface area (Å²) in [4.78, 5) is 17.1. The summed E-state index contributed by atoms with van der Waals surface area (Å²) in [5, 5.41) is 0.457. The number of ether oxygens (including phenoxy) is 1. The molecule has 0 radical (unpaired) electrons. The predicted octanol–water partition coefficient (Wildman–Crippen LogP) is 3.40. The van der Waals surface area contributed by atoms with Crippen LogP contribution in [-0.4, -0.2) is 69.9 Å². The van der Waals surface area contributed by atoms with E-state index >= 15 is 0 Å². The zero-order valence-corrected chi connectivity index (χ0v) is 20.0. The molecule has 0 saturated carbocycles. The van der Waals surface area contributed by atoms with E-state index in [1.165, 1.54) is 0 Å². The van der Waals surface area contributed by atoms with Gasteiger partial charge in [0.05, 0.1) is 28.3 Å². The molecule has 0 aliphatic carbocycles. The minimum Gasteiger partial charge on any atom is -0.495 e. The molecule has 1 amide bonds. The van der Waals surface area contributed by atoms with Gasteiger partial charge in [-0.2, -0.15) is 4.31 Å². The Morgan fingerprint density at radius 2 is 1.66 bits per heavy atom. The first kappa shape index (κ1) is 22.9. The molecular formula is C23H28ClN3O4S. The Bertz CT molecular complexity index is 1110. The van der Waals surface area contributed by atoms with Crippen molar-refractivity contribution in [2.24, 2.45) is 0 Å². The van der Waals surface area contributed by atoms with Crippen LogP contribution < -0.4 is 9.64 Å². The number of halogens is 1. The maximum absolute atomic E-state index is 13.0. The molecule has 0 N–H and O–H groups in total. The maximum atomic E-state index is 13.0. The van der Waals surface area contributed by atoms with E-state index in [4.69, 9.17) is 16.3 Å². The van der Waals surface area contributed by atoms with E-state index in [1.54, 1.807) is 46.6 Å². The predicted molar refractivity (Wildman–Crippen MR) is 125 cm³/mol. The van der Waals surface area contributed by atoms with Crippen molar-refractivity contribution < 1.29 is 17.9 Å². The van der Waals surface area contributed by atoms with Crippen LogP contribution in [0.25, 0.3) is 0 Å². The topological polar surface area (TPSA) is 70.2 Å². The Morgan fingerprint density at radius 1 is 0.969 bits per heavy atom. The number of aryl methyl sites for hydroxylation is 1. The molecule has 4 rings (SSSR count). The van der Waals surface area contributed by atoms with Crippen LogP contribution in [0.1, 0.15) is 28.8 Å². The van der Waals surface area contributed by atoms with Crippen molar-refractivity contribution in [3.63, 3.8) is 0 Å². The molecular weight excluding hydrogens is 450 g/mol. The van der Waals surface area contributed by atoms with Crippen molar-refractivity contribution in [3.05, 3.63) is 52.5 Å². The number of benzene rings is 2. The van der Waals surface area contributed by atoms with Crippen molar-refractivity contribution >= 4 is 33.2 Å². The minimum absolute atomic E-state index is 0.0908. The van der Waals surface area contributed by atoms with Crippen LogP contribution in [0, 0.1) is 6.92 Å². The molecule has 2 aliphatic heterocycles. The summed E-state index contributed by atoms with van der Waals surface area (Å²) < 4.78 is 33.1. The largest absolute Gasteiger partial charge is 0.495 e. The summed E-state index contributed by atoms with van der Waals surface area (Å²) in [6, 6.07) is 10.5. The average Bonchev–Trinajstić information content (AvgIpc) is 3.34. The van der Waals surface area contributed by atoms with Crippen molar-refractivity contribution in [2.75, 3.05) is 51.3 Å². The van der Waals surface area contributed by atoms with Crippen LogP contribution in [0.5, 0.6) is 5.75 Å². The van der Waals surface area contributed by atoms with Crippen LogP contribution in [0.3, 0.4) is 0 Å². The number of amides is 1. The van der Waals surface area contributed by atoms with E-state index in [0.717, 1.165) is 24.1 Å². The lowest BCUT2D eigenvalue weighted by Crippen LogP contribution is -2.49. The van der Waals surface area contributed by atoms with Gasteiger partial charge in [0, 0.05) is 39.3 Å². The molecule has 172 valence electrons. The summed E-state index contributed by atoms with van der Waals surface area (Å²) in [6.45, 7) is 5.21. The maximum Gasteiger partial charge on any atom is 0.255 e. The number of rotatable bonds is 5. The molecule has 0 aromatic heterocycles. The highest BCUT2D eigenvalue weighted by molar-refractivity contribution is 7.89. The lowest BCUT2D eigenvalue weighted by molar-refractivity contribution is 0.0747. The highest BCUT2D eigenvalue weighted by Crippen LogP contribution is 2.33. The van der Waals surface area contributed by atoms with Crippen LogP contribution in [0.15, 0.2) is 41.3 Å². The Kier molecular flexibility index (Phi) is 6.65. The Labute approximate surface area is 194 Å². The molecule has 0 spiro atoms. The van der Waals surface area contributed by atoms with Gasteiger partial charge in [-0.15, -0.1) is 0 Å². The third-order valence-electron chi connectivity index (χ3n) is 6.12. The van der Waals surface area contributed by atoms with Gasteiger partial charge in [0.15, 0.2) is 0 Å². The standard InChI is InChI=1S/C23H28ClN3O4S/c1-17-5-7-19(20(24)15-17)23(28)26-13-11-25(12-14-26)21-16-18(6-8-22(21)31-2)32(29,30)27-9-3-4-10-27/h5-8,15-16H,3-4,9-14H2,1-2H3. The Hall–Kier alpha value is -2.29. The normalized spacial score (nSPS) is 17.6. The highest BCUT2D eigenvalue weighted by Gasteiger charge is 2.30. The highest BCUT2D eigenvalue weighted by atomic mass is 35.5. The third-order valence-corrected chi connectivity index (χ3v) is 8.32. The van der Waals surface area contributed by atoms with Crippen molar-refractivity contribution in [1.82, 2.24) is 9.21 Å². The van der Waals surface area contributed by atoms with Gasteiger partial charge in [0.2, 0.25) is 10.0 Å². The van der Waals surface area contributed by atoms with E-state index in [2.05, 4.69) is 4.90 Å². The van der Waals surface area contributed by atoms with Gasteiger partial charge in [0.25, 0.3) is 5.91 Å². The summed E-state index contributed by atoms with van der Waals surface area (Å²) >= 11 is 6.29. The van der Waals surface area contributed by atoms with Gasteiger partial charge in [-0.05, 0) is 55.7 Å². The zero-order chi connectivity index (χ0) is 22.9. The number of methoxy groups -OCH3 is 1. The molecule has 9 heteroatoms. The summed E-state index contributed by atoms with van der Waals surface area (Å²) in [5.41, 5.74) is 2.24. The number of anilines is 1. The van der Waals surface area contributed by atoms with Crippen molar-refractivity contribution in [3.8, 4) is 5.75 Å². The first-order chi connectivity index (χ1) is 15.3. The van der Waals surface area contributed by atoms with E-state index < -0.39 is 10.0 Å². The van der Waals surface area contributed by atoms with Crippen molar-refractivity contribution in [2.45, 2.75) is 24.7 Å². The first-order valence-electron chi connectivity index (χ1n) is 10.8. The second kappa shape index (κ2) is 9.29. The summed E-state index contributed by atoms with van der Waals surface area (Å²) in [7, 11) is -1.95. The van der Waals surface area contributed by atoms with Crippen LogP contribution in [0.2, 0.25) is 5.02 Å². The van der Waals surface area contributed by atoms with Crippen LogP contribution in [0.4, 0.5) is 5.69 Å². The lowest BCUT2D eigenvalue weighted by Gasteiger charge is -2.37. The van der Waals surface area contributed by atoms with Crippen molar-refractivity contribution in [1.29, 1.82) is 0 Å². The summed E-state index contributed by atoms with van der Waals surface area (Å²) in [6.07, 6.45) is 1.78. The molecule has 0 unspecified atom stereocenters. The van der Waals surface area contributed by atoms with E-state index in [1.807, 2.05) is 13.0 Å².